The molecule has 4 rings (SSSR count). The SMILES string of the molecule is CCc1ccc(N(CC(=O)N(Cc2ccccc2)[C@@H](CC)C(=O)NC2CCCCC2)S(=O)(=O)c2ccccc2)cc1. The van der Waals surface area contributed by atoms with E-state index in [9.17, 15) is 18.0 Å². The van der Waals surface area contributed by atoms with Gasteiger partial charge in [0, 0.05) is 12.6 Å². The molecule has 1 fully saturated rings. The van der Waals surface area contributed by atoms with Crippen LogP contribution in [0.3, 0.4) is 0 Å². The van der Waals surface area contributed by atoms with Crippen molar-refractivity contribution in [2.24, 2.45) is 0 Å². The predicted octanol–water partition coefficient (Wildman–Crippen LogP) is 5.70. The van der Waals surface area contributed by atoms with Gasteiger partial charge in [-0.05, 0) is 61.1 Å². The maximum Gasteiger partial charge on any atom is 0.264 e. The Bertz CT molecular complexity index is 1370. The summed E-state index contributed by atoms with van der Waals surface area (Å²) in [7, 11) is -4.07. The van der Waals surface area contributed by atoms with Crippen LogP contribution in [0.25, 0.3) is 0 Å². The number of carbonyl (C=O) groups is 2. The fourth-order valence-electron chi connectivity index (χ4n) is 5.39. The molecule has 0 bridgehead atoms. The third kappa shape index (κ3) is 7.76. The third-order valence-corrected chi connectivity index (χ3v) is 9.56. The van der Waals surface area contributed by atoms with Crippen LogP contribution in [0, 0.1) is 0 Å². The molecule has 1 aliphatic rings. The third-order valence-electron chi connectivity index (χ3n) is 7.78. The van der Waals surface area contributed by atoms with Crippen molar-refractivity contribution in [2.75, 3.05) is 10.8 Å². The molecule has 1 saturated carbocycles. The van der Waals surface area contributed by atoms with Crippen molar-refractivity contribution in [1.29, 1.82) is 0 Å². The number of aryl methyl sites for hydroxylation is 1. The number of hydrogen-bond acceptors (Lipinski definition) is 4. The second-order valence-corrected chi connectivity index (χ2v) is 12.5. The number of nitrogens with one attached hydrogen (secondary N) is 1. The Morgan fingerprint density at radius 3 is 2.02 bits per heavy atom. The fourth-order valence-corrected chi connectivity index (χ4v) is 6.83. The van der Waals surface area contributed by atoms with E-state index in [1.165, 1.54) is 18.6 Å². The van der Waals surface area contributed by atoms with Gasteiger partial charge >= 0.3 is 0 Å². The Balaban J connectivity index is 1.68. The van der Waals surface area contributed by atoms with E-state index in [4.69, 9.17) is 0 Å². The largest absolute Gasteiger partial charge is 0.352 e. The van der Waals surface area contributed by atoms with Crippen LogP contribution >= 0.6 is 0 Å². The van der Waals surface area contributed by atoms with Gasteiger partial charge in [-0.15, -0.1) is 0 Å². The zero-order chi connectivity index (χ0) is 29.2. The van der Waals surface area contributed by atoms with Gasteiger partial charge in [-0.2, -0.15) is 0 Å². The van der Waals surface area contributed by atoms with E-state index in [1.54, 1.807) is 35.2 Å². The van der Waals surface area contributed by atoms with Gasteiger partial charge in [0.15, 0.2) is 0 Å². The molecule has 1 atom stereocenters. The minimum absolute atomic E-state index is 0.101. The van der Waals surface area contributed by atoms with Gasteiger partial charge in [0.1, 0.15) is 12.6 Å². The fraction of sp³-hybridized carbons (Fsp3) is 0.394. The first-order chi connectivity index (χ1) is 19.8. The second kappa shape index (κ2) is 14.3. The predicted molar refractivity (Wildman–Crippen MR) is 163 cm³/mol. The minimum Gasteiger partial charge on any atom is -0.352 e. The van der Waals surface area contributed by atoms with Crippen molar-refractivity contribution in [3.05, 3.63) is 96.1 Å². The molecular formula is C33H41N3O4S. The highest BCUT2D eigenvalue weighted by molar-refractivity contribution is 7.92. The summed E-state index contributed by atoms with van der Waals surface area (Å²) in [6, 6.07) is 24.2. The Hall–Kier alpha value is -3.65. The van der Waals surface area contributed by atoms with Crippen molar-refractivity contribution in [1.82, 2.24) is 10.2 Å². The first kappa shape index (κ1) is 30.3. The summed E-state index contributed by atoms with van der Waals surface area (Å²) in [4.78, 5) is 29.4. The molecule has 0 aliphatic heterocycles. The van der Waals surface area contributed by atoms with Crippen molar-refractivity contribution in [3.63, 3.8) is 0 Å². The molecule has 8 heteroatoms. The second-order valence-electron chi connectivity index (χ2n) is 10.6. The lowest BCUT2D eigenvalue weighted by Crippen LogP contribution is -2.54. The van der Waals surface area contributed by atoms with Crippen LogP contribution < -0.4 is 9.62 Å². The number of rotatable bonds is 12. The molecule has 0 unspecified atom stereocenters. The van der Waals surface area contributed by atoms with E-state index in [1.807, 2.05) is 56.3 Å². The zero-order valence-electron chi connectivity index (χ0n) is 24.0. The quantitative estimate of drug-likeness (QED) is 0.300. The molecule has 2 amide bonds. The highest BCUT2D eigenvalue weighted by Crippen LogP contribution is 2.26. The maximum atomic E-state index is 14.2. The van der Waals surface area contributed by atoms with Crippen molar-refractivity contribution in [2.45, 2.75) is 82.3 Å². The molecule has 0 spiro atoms. The smallest absolute Gasteiger partial charge is 0.264 e. The summed E-state index contributed by atoms with van der Waals surface area (Å²) >= 11 is 0. The molecule has 41 heavy (non-hydrogen) atoms. The van der Waals surface area contributed by atoms with Gasteiger partial charge in [0.25, 0.3) is 10.0 Å². The monoisotopic (exact) mass is 575 g/mol. The number of anilines is 1. The van der Waals surface area contributed by atoms with Crippen LogP contribution in [0.15, 0.2) is 89.8 Å². The Morgan fingerprint density at radius 1 is 0.829 bits per heavy atom. The number of hydrogen-bond donors (Lipinski definition) is 1. The lowest BCUT2D eigenvalue weighted by atomic mass is 9.95. The van der Waals surface area contributed by atoms with Crippen molar-refractivity contribution < 1.29 is 18.0 Å². The standard InChI is InChI=1S/C33H41N3O4S/c1-3-26-20-22-29(23-21-26)36(41(39,40)30-18-12-7-13-19-30)25-32(37)35(24-27-14-8-5-9-15-27)31(4-2)33(38)34-28-16-10-6-11-17-28/h5,7-9,12-15,18-23,28,31H,3-4,6,10-11,16-17,24-25H2,1-2H3,(H,34,38)/t31-/m0/s1. The highest BCUT2D eigenvalue weighted by atomic mass is 32.2. The van der Waals surface area contributed by atoms with Gasteiger partial charge in [-0.1, -0.05) is 93.8 Å². The van der Waals surface area contributed by atoms with Crippen molar-refractivity contribution >= 4 is 27.5 Å². The minimum atomic E-state index is -4.07. The van der Waals surface area contributed by atoms with E-state index in [2.05, 4.69) is 5.32 Å². The van der Waals surface area contributed by atoms with Crippen LogP contribution in [0.1, 0.15) is 63.5 Å². The number of amides is 2. The highest BCUT2D eigenvalue weighted by Gasteiger charge is 2.34. The molecule has 3 aromatic carbocycles. The summed E-state index contributed by atoms with van der Waals surface area (Å²) in [6.45, 7) is 3.69. The summed E-state index contributed by atoms with van der Waals surface area (Å²) in [6.07, 6.45) is 6.43. The topological polar surface area (TPSA) is 86.8 Å². The number of carbonyl (C=O) groups excluding carboxylic acids is 2. The first-order valence-corrected chi connectivity index (χ1v) is 16.1. The molecule has 1 aliphatic carbocycles. The van der Waals surface area contributed by atoms with Gasteiger partial charge in [0.2, 0.25) is 11.8 Å². The first-order valence-electron chi connectivity index (χ1n) is 14.6. The van der Waals surface area contributed by atoms with E-state index in [0.29, 0.717) is 12.1 Å². The van der Waals surface area contributed by atoms with Gasteiger partial charge in [-0.25, -0.2) is 8.42 Å². The molecular weight excluding hydrogens is 534 g/mol. The Labute approximate surface area is 244 Å². The average molecular weight is 576 g/mol. The maximum absolute atomic E-state index is 14.2. The molecule has 0 aromatic heterocycles. The lowest BCUT2D eigenvalue weighted by Gasteiger charge is -2.34. The molecule has 218 valence electrons. The van der Waals surface area contributed by atoms with Crippen LogP contribution in [-0.4, -0.2) is 43.8 Å². The Morgan fingerprint density at radius 2 is 1.44 bits per heavy atom. The number of benzene rings is 3. The average Bonchev–Trinajstić information content (AvgIpc) is 3.01. The molecule has 1 N–H and O–H groups in total. The summed E-state index contributed by atoms with van der Waals surface area (Å²) in [5.74, 6) is -0.619. The normalized spacial score (nSPS) is 14.7. The zero-order valence-corrected chi connectivity index (χ0v) is 24.9. The van der Waals surface area contributed by atoms with Gasteiger partial charge in [0.05, 0.1) is 10.6 Å². The van der Waals surface area contributed by atoms with Crippen LogP contribution in [0.4, 0.5) is 5.69 Å². The molecule has 0 radical (unpaired) electrons. The van der Waals surface area contributed by atoms with Crippen LogP contribution in [0.5, 0.6) is 0 Å². The molecule has 0 saturated heterocycles. The lowest BCUT2D eigenvalue weighted by molar-refractivity contribution is -0.140. The summed E-state index contributed by atoms with van der Waals surface area (Å²) in [5, 5.41) is 3.18. The van der Waals surface area contributed by atoms with E-state index >= 15 is 0 Å². The van der Waals surface area contributed by atoms with Gasteiger partial charge in [-0.3, -0.25) is 13.9 Å². The molecule has 3 aromatic rings. The van der Waals surface area contributed by atoms with Crippen LogP contribution in [0.2, 0.25) is 0 Å². The molecule has 7 nitrogen and oxygen atoms in total. The number of nitrogens with zero attached hydrogens (tertiary/aromatic N) is 2. The number of sulfonamides is 1. The Kier molecular flexibility index (Phi) is 10.6. The summed E-state index contributed by atoms with van der Waals surface area (Å²) < 4.78 is 29.0. The van der Waals surface area contributed by atoms with E-state index in [-0.39, 0.29) is 23.4 Å². The van der Waals surface area contributed by atoms with Crippen LogP contribution in [-0.2, 0) is 32.6 Å². The van der Waals surface area contributed by atoms with Gasteiger partial charge < -0.3 is 10.2 Å². The van der Waals surface area contributed by atoms with E-state index < -0.39 is 28.5 Å². The van der Waals surface area contributed by atoms with Crippen molar-refractivity contribution in [3.8, 4) is 0 Å². The molecule has 0 heterocycles. The summed E-state index contributed by atoms with van der Waals surface area (Å²) in [5.41, 5.74) is 2.33. The van der Waals surface area contributed by atoms with E-state index in [0.717, 1.165) is 47.5 Å².